The Morgan fingerprint density at radius 1 is 0.700 bits per heavy atom. The summed E-state index contributed by atoms with van der Waals surface area (Å²) >= 11 is 12.5. The maximum absolute atomic E-state index is 6.24. The lowest BCUT2D eigenvalue weighted by atomic mass is 10.0. The average molecular weight is 300 g/mol. The molecule has 0 atom stereocenters. The molecular weight excluding hydrogens is 289 g/mol. The predicted octanol–water partition coefficient (Wildman–Crippen LogP) is 5.72. The molecular formula is C17H11Cl2N. The maximum atomic E-state index is 6.24. The fraction of sp³-hybridized carbons (Fsp3) is 0. The Morgan fingerprint density at radius 2 is 1.30 bits per heavy atom. The van der Waals surface area contributed by atoms with Gasteiger partial charge in [-0.25, -0.2) is 0 Å². The zero-order valence-electron chi connectivity index (χ0n) is 10.6. The highest BCUT2D eigenvalue weighted by Gasteiger charge is 2.07. The van der Waals surface area contributed by atoms with Crippen LogP contribution in [0.15, 0.2) is 66.9 Å². The molecule has 0 unspecified atom stereocenters. The molecule has 0 spiro atoms. The van der Waals surface area contributed by atoms with E-state index in [-0.39, 0.29) is 0 Å². The lowest BCUT2D eigenvalue weighted by Gasteiger charge is -2.07. The summed E-state index contributed by atoms with van der Waals surface area (Å²) in [6, 6.07) is 19.4. The van der Waals surface area contributed by atoms with Crippen LogP contribution in [-0.2, 0) is 0 Å². The van der Waals surface area contributed by atoms with E-state index in [9.17, 15) is 0 Å². The van der Waals surface area contributed by atoms with E-state index in [0.717, 1.165) is 27.4 Å². The molecule has 20 heavy (non-hydrogen) atoms. The van der Waals surface area contributed by atoms with Gasteiger partial charge in [0.25, 0.3) is 0 Å². The summed E-state index contributed by atoms with van der Waals surface area (Å²) < 4.78 is 0. The maximum Gasteiger partial charge on any atom is 0.0723 e. The minimum absolute atomic E-state index is 0.691. The van der Waals surface area contributed by atoms with Gasteiger partial charge in [0, 0.05) is 27.4 Å². The summed E-state index contributed by atoms with van der Waals surface area (Å²) in [5, 5.41) is 1.42. The Labute approximate surface area is 127 Å². The monoisotopic (exact) mass is 299 g/mol. The molecule has 98 valence electrons. The summed E-state index contributed by atoms with van der Waals surface area (Å²) in [4.78, 5) is 4.40. The van der Waals surface area contributed by atoms with Crippen molar-refractivity contribution in [1.29, 1.82) is 0 Å². The Balaban J connectivity index is 2.12. The van der Waals surface area contributed by atoms with Crippen molar-refractivity contribution in [2.75, 3.05) is 0 Å². The second-order valence-corrected chi connectivity index (χ2v) is 5.20. The van der Waals surface area contributed by atoms with Gasteiger partial charge in [-0.15, -0.1) is 0 Å². The van der Waals surface area contributed by atoms with Gasteiger partial charge >= 0.3 is 0 Å². The smallest absolute Gasteiger partial charge is 0.0723 e. The Morgan fingerprint density at radius 3 is 1.95 bits per heavy atom. The lowest BCUT2D eigenvalue weighted by molar-refractivity contribution is 1.33. The molecule has 0 aliphatic heterocycles. The highest BCUT2D eigenvalue weighted by atomic mass is 35.5. The van der Waals surface area contributed by atoms with E-state index >= 15 is 0 Å². The topological polar surface area (TPSA) is 12.9 Å². The second kappa shape index (κ2) is 5.66. The number of rotatable bonds is 2. The molecule has 0 amide bonds. The summed E-state index contributed by atoms with van der Waals surface area (Å²) in [6.07, 6.45) is 1.78. The second-order valence-electron chi connectivity index (χ2n) is 4.39. The van der Waals surface area contributed by atoms with Crippen LogP contribution in [0.3, 0.4) is 0 Å². The molecule has 0 saturated carbocycles. The molecule has 2 aromatic carbocycles. The van der Waals surface area contributed by atoms with E-state index in [4.69, 9.17) is 23.2 Å². The zero-order chi connectivity index (χ0) is 13.9. The molecule has 3 rings (SSSR count). The molecule has 3 heteroatoms. The first kappa shape index (κ1) is 13.2. The fourth-order valence-electron chi connectivity index (χ4n) is 2.11. The summed E-state index contributed by atoms with van der Waals surface area (Å²) in [5.41, 5.74) is 3.78. The Hall–Kier alpha value is -1.83. The quantitative estimate of drug-likeness (QED) is 0.589. The first-order chi connectivity index (χ1) is 9.75. The van der Waals surface area contributed by atoms with Crippen molar-refractivity contribution in [1.82, 2.24) is 4.98 Å². The molecule has 0 fully saturated rings. The standard InChI is InChI=1S/C17H11Cl2N/c18-15-7-3-1-5-13(15)12-9-10-20-17(11-12)14-6-2-4-8-16(14)19/h1-11H. The van der Waals surface area contributed by atoms with Crippen molar-refractivity contribution < 1.29 is 0 Å². The van der Waals surface area contributed by atoms with Crippen LogP contribution in [0.1, 0.15) is 0 Å². The van der Waals surface area contributed by atoms with E-state index in [1.54, 1.807) is 6.20 Å². The van der Waals surface area contributed by atoms with Crippen molar-refractivity contribution in [2.24, 2.45) is 0 Å². The van der Waals surface area contributed by atoms with E-state index in [1.165, 1.54) is 0 Å². The molecule has 0 bridgehead atoms. The largest absolute Gasteiger partial charge is 0.256 e. The molecule has 1 nitrogen and oxygen atoms in total. The number of pyridine rings is 1. The minimum Gasteiger partial charge on any atom is -0.256 e. The van der Waals surface area contributed by atoms with Gasteiger partial charge in [-0.3, -0.25) is 4.98 Å². The number of nitrogens with zero attached hydrogens (tertiary/aromatic N) is 1. The highest BCUT2D eigenvalue weighted by Crippen LogP contribution is 2.31. The van der Waals surface area contributed by atoms with Gasteiger partial charge in [-0.05, 0) is 29.8 Å². The van der Waals surface area contributed by atoms with Crippen LogP contribution >= 0.6 is 23.2 Å². The van der Waals surface area contributed by atoms with Crippen LogP contribution in [0.2, 0.25) is 10.0 Å². The fourth-order valence-corrected chi connectivity index (χ4v) is 2.59. The van der Waals surface area contributed by atoms with Crippen molar-refractivity contribution in [3.63, 3.8) is 0 Å². The van der Waals surface area contributed by atoms with E-state index in [1.807, 2.05) is 60.7 Å². The van der Waals surface area contributed by atoms with Gasteiger partial charge in [-0.2, -0.15) is 0 Å². The van der Waals surface area contributed by atoms with Crippen LogP contribution in [0, 0.1) is 0 Å². The predicted molar refractivity (Wildman–Crippen MR) is 85.1 cm³/mol. The van der Waals surface area contributed by atoms with E-state index in [2.05, 4.69) is 4.98 Å². The first-order valence-electron chi connectivity index (χ1n) is 6.21. The Kier molecular flexibility index (Phi) is 3.72. The van der Waals surface area contributed by atoms with Crippen molar-refractivity contribution in [2.45, 2.75) is 0 Å². The minimum atomic E-state index is 0.691. The van der Waals surface area contributed by atoms with Gasteiger partial charge in [0.05, 0.1) is 5.69 Å². The molecule has 1 heterocycles. The summed E-state index contributed by atoms with van der Waals surface area (Å²) in [5.74, 6) is 0. The van der Waals surface area contributed by atoms with Crippen LogP contribution in [0.5, 0.6) is 0 Å². The van der Waals surface area contributed by atoms with Gasteiger partial charge in [-0.1, -0.05) is 59.6 Å². The Bertz CT molecular complexity index is 692. The average Bonchev–Trinajstić information content (AvgIpc) is 2.48. The lowest BCUT2D eigenvalue weighted by Crippen LogP contribution is -1.86. The SMILES string of the molecule is Clc1ccccc1-c1ccnc(-c2ccccc2Cl)c1. The van der Waals surface area contributed by atoms with Crippen molar-refractivity contribution in [3.05, 3.63) is 76.9 Å². The number of aromatic nitrogens is 1. The van der Waals surface area contributed by atoms with Gasteiger partial charge in [0.15, 0.2) is 0 Å². The van der Waals surface area contributed by atoms with Crippen LogP contribution in [-0.4, -0.2) is 4.98 Å². The third-order valence-electron chi connectivity index (χ3n) is 3.09. The highest BCUT2D eigenvalue weighted by molar-refractivity contribution is 6.33. The summed E-state index contributed by atoms with van der Waals surface area (Å²) in [6.45, 7) is 0. The van der Waals surface area contributed by atoms with Crippen molar-refractivity contribution in [3.8, 4) is 22.4 Å². The third kappa shape index (κ3) is 2.55. The molecule has 1 aromatic heterocycles. The zero-order valence-corrected chi connectivity index (χ0v) is 12.1. The van der Waals surface area contributed by atoms with E-state index in [0.29, 0.717) is 5.02 Å². The van der Waals surface area contributed by atoms with Crippen molar-refractivity contribution >= 4 is 23.2 Å². The van der Waals surface area contributed by atoms with Gasteiger partial charge < -0.3 is 0 Å². The molecule has 0 saturated heterocycles. The van der Waals surface area contributed by atoms with E-state index < -0.39 is 0 Å². The number of halogens is 2. The molecule has 0 aliphatic carbocycles. The molecule has 3 aromatic rings. The molecule has 0 N–H and O–H groups in total. The normalized spacial score (nSPS) is 10.5. The van der Waals surface area contributed by atoms with Gasteiger partial charge in [0.2, 0.25) is 0 Å². The van der Waals surface area contributed by atoms with Gasteiger partial charge in [0.1, 0.15) is 0 Å². The molecule has 0 aliphatic rings. The number of benzene rings is 2. The molecule has 0 radical (unpaired) electrons. The third-order valence-corrected chi connectivity index (χ3v) is 3.75. The van der Waals surface area contributed by atoms with Crippen LogP contribution in [0.25, 0.3) is 22.4 Å². The number of hydrogen-bond acceptors (Lipinski definition) is 1. The van der Waals surface area contributed by atoms with Crippen LogP contribution in [0.4, 0.5) is 0 Å². The first-order valence-corrected chi connectivity index (χ1v) is 6.97. The summed E-state index contributed by atoms with van der Waals surface area (Å²) in [7, 11) is 0. The number of hydrogen-bond donors (Lipinski definition) is 0. The van der Waals surface area contributed by atoms with Crippen LogP contribution < -0.4 is 0 Å².